The number of aromatic nitrogens is 1. The molecule has 0 aliphatic rings. The molecular weight excluding hydrogens is 367 g/mol. The summed E-state index contributed by atoms with van der Waals surface area (Å²) in [7, 11) is 0. The number of benzene rings is 2. The molecule has 24 heavy (non-hydrogen) atoms. The third-order valence-corrected chi connectivity index (χ3v) is 4.99. The van der Waals surface area contributed by atoms with Crippen molar-refractivity contribution in [3.8, 4) is 0 Å². The van der Waals surface area contributed by atoms with Crippen LogP contribution in [0.1, 0.15) is 18.5 Å². The Morgan fingerprint density at radius 3 is 2.79 bits per heavy atom. The molecule has 0 bridgehead atoms. The van der Waals surface area contributed by atoms with E-state index in [1.54, 1.807) is 12.1 Å². The first-order valence-corrected chi connectivity index (χ1v) is 9.00. The summed E-state index contributed by atoms with van der Waals surface area (Å²) >= 11 is 13.2. The molecule has 0 radical (unpaired) electrons. The second kappa shape index (κ2) is 7.47. The standard InChI is InChI=1S/C17H14Cl2N2O2S/c1-10(11-6-7-12(18)13(19)8-11)20-16(22)9-24-17-21-14-4-2-3-5-15(14)23-17/h2-8,10H,9H2,1H3,(H,20,22)/t10-/m1/s1. The monoisotopic (exact) mass is 380 g/mol. The van der Waals surface area contributed by atoms with Gasteiger partial charge in [0.2, 0.25) is 5.91 Å². The van der Waals surface area contributed by atoms with Crippen LogP contribution in [0.3, 0.4) is 0 Å². The lowest BCUT2D eigenvalue weighted by Gasteiger charge is -2.14. The fourth-order valence-electron chi connectivity index (χ4n) is 2.19. The zero-order valence-electron chi connectivity index (χ0n) is 12.8. The number of para-hydroxylation sites is 2. The molecule has 7 heteroatoms. The van der Waals surface area contributed by atoms with Gasteiger partial charge in [-0.15, -0.1) is 0 Å². The van der Waals surface area contributed by atoms with Crippen molar-refractivity contribution in [2.75, 3.05) is 5.75 Å². The minimum absolute atomic E-state index is 0.110. The molecule has 0 saturated carbocycles. The molecule has 1 aromatic heterocycles. The highest BCUT2D eigenvalue weighted by molar-refractivity contribution is 7.99. The van der Waals surface area contributed by atoms with E-state index in [-0.39, 0.29) is 17.7 Å². The summed E-state index contributed by atoms with van der Waals surface area (Å²) in [6.07, 6.45) is 0. The molecule has 1 N–H and O–H groups in total. The minimum Gasteiger partial charge on any atom is -0.431 e. The molecule has 1 atom stereocenters. The predicted octanol–water partition coefficient (Wildman–Crippen LogP) is 5.10. The van der Waals surface area contributed by atoms with Gasteiger partial charge in [-0.1, -0.05) is 53.2 Å². The highest BCUT2D eigenvalue weighted by Crippen LogP contribution is 2.26. The lowest BCUT2D eigenvalue weighted by molar-refractivity contribution is -0.119. The van der Waals surface area contributed by atoms with Crippen LogP contribution in [-0.2, 0) is 4.79 Å². The van der Waals surface area contributed by atoms with Crippen LogP contribution in [0.5, 0.6) is 0 Å². The summed E-state index contributed by atoms with van der Waals surface area (Å²) in [6, 6.07) is 12.6. The van der Waals surface area contributed by atoms with Crippen molar-refractivity contribution in [3.05, 3.63) is 58.1 Å². The van der Waals surface area contributed by atoms with Crippen LogP contribution in [0.2, 0.25) is 10.0 Å². The van der Waals surface area contributed by atoms with Crippen LogP contribution >= 0.6 is 35.0 Å². The number of halogens is 2. The highest BCUT2D eigenvalue weighted by Gasteiger charge is 2.13. The van der Waals surface area contributed by atoms with Crippen molar-refractivity contribution in [2.24, 2.45) is 0 Å². The van der Waals surface area contributed by atoms with Crippen molar-refractivity contribution in [1.82, 2.24) is 10.3 Å². The third-order valence-electron chi connectivity index (χ3n) is 3.42. The Morgan fingerprint density at radius 1 is 1.25 bits per heavy atom. The smallest absolute Gasteiger partial charge is 0.257 e. The normalized spacial score (nSPS) is 12.3. The molecule has 0 saturated heterocycles. The van der Waals surface area contributed by atoms with E-state index in [4.69, 9.17) is 27.6 Å². The summed E-state index contributed by atoms with van der Waals surface area (Å²) in [5.74, 6) is 0.110. The van der Waals surface area contributed by atoms with Crippen LogP contribution in [0.15, 0.2) is 52.1 Å². The van der Waals surface area contributed by atoms with Gasteiger partial charge in [0, 0.05) is 0 Å². The van der Waals surface area contributed by atoms with Crippen molar-refractivity contribution in [1.29, 1.82) is 0 Å². The van der Waals surface area contributed by atoms with E-state index < -0.39 is 0 Å². The van der Waals surface area contributed by atoms with Gasteiger partial charge in [0.05, 0.1) is 21.8 Å². The van der Waals surface area contributed by atoms with E-state index in [9.17, 15) is 4.79 Å². The molecule has 0 aliphatic heterocycles. The van der Waals surface area contributed by atoms with Crippen molar-refractivity contribution >= 4 is 52.0 Å². The Kier molecular flexibility index (Phi) is 5.33. The van der Waals surface area contributed by atoms with Crippen LogP contribution in [0.25, 0.3) is 11.1 Å². The minimum atomic E-state index is -0.170. The van der Waals surface area contributed by atoms with Gasteiger partial charge in [-0.25, -0.2) is 4.98 Å². The fourth-order valence-corrected chi connectivity index (χ4v) is 3.14. The van der Waals surface area contributed by atoms with Crippen LogP contribution < -0.4 is 5.32 Å². The number of nitrogens with zero attached hydrogens (tertiary/aromatic N) is 1. The Morgan fingerprint density at radius 2 is 2.04 bits per heavy atom. The van der Waals surface area contributed by atoms with Gasteiger partial charge in [-0.2, -0.15) is 0 Å². The number of thioether (sulfide) groups is 1. The first kappa shape index (κ1) is 17.1. The van der Waals surface area contributed by atoms with Crippen molar-refractivity contribution < 1.29 is 9.21 Å². The van der Waals surface area contributed by atoms with Crippen LogP contribution in [0.4, 0.5) is 0 Å². The zero-order valence-corrected chi connectivity index (χ0v) is 15.1. The number of hydrogen-bond donors (Lipinski definition) is 1. The summed E-state index contributed by atoms with van der Waals surface area (Å²) in [5, 5.41) is 4.36. The van der Waals surface area contributed by atoms with E-state index in [1.807, 2.05) is 37.3 Å². The zero-order chi connectivity index (χ0) is 17.1. The molecular formula is C17H14Cl2N2O2S. The second-order valence-electron chi connectivity index (χ2n) is 5.20. The highest BCUT2D eigenvalue weighted by atomic mass is 35.5. The first-order valence-electron chi connectivity index (χ1n) is 7.25. The molecule has 3 rings (SSSR count). The molecule has 3 aromatic rings. The molecule has 2 aromatic carbocycles. The molecule has 0 aliphatic carbocycles. The molecule has 4 nitrogen and oxygen atoms in total. The number of hydrogen-bond acceptors (Lipinski definition) is 4. The SMILES string of the molecule is C[C@@H](NC(=O)CSc1nc2ccccc2o1)c1ccc(Cl)c(Cl)c1. The summed E-state index contributed by atoms with van der Waals surface area (Å²) in [4.78, 5) is 16.4. The van der Waals surface area contributed by atoms with Gasteiger partial charge in [0.15, 0.2) is 5.58 Å². The lowest BCUT2D eigenvalue weighted by atomic mass is 10.1. The summed E-state index contributed by atoms with van der Waals surface area (Å²) in [6.45, 7) is 1.89. The van der Waals surface area contributed by atoms with Gasteiger partial charge >= 0.3 is 0 Å². The first-order chi connectivity index (χ1) is 11.5. The van der Waals surface area contributed by atoms with E-state index >= 15 is 0 Å². The number of oxazole rings is 1. The Hall–Kier alpha value is -1.69. The Balaban J connectivity index is 1.57. The summed E-state index contributed by atoms with van der Waals surface area (Å²) in [5.41, 5.74) is 2.39. The van der Waals surface area contributed by atoms with Gasteiger partial charge < -0.3 is 9.73 Å². The molecule has 124 valence electrons. The van der Waals surface area contributed by atoms with Gasteiger partial charge in [0.1, 0.15) is 5.52 Å². The summed E-state index contributed by atoms with van der Waals surface area (Å²) < 4.78 is 5.58. The number of rotatable bonds is 5. The fraction of sp³-hybridized carbons (Fsp3) is 0.176. The van der Waals surface area contributed by atoms with Crippen molar-refractivity contribution in [3.63, 3.8) is 0 Å². The van der Waals surface area contributed by atoms with Crippen LogP contribution in [-0.4, -0.2) is 16.6 Å². The number of carbonyl (C=O) groups is 1. The average molecular weight is 381 g/mol. The number of amides is 1. The second-order valence-corrected chi connectivity index (χ2v) is 6.94. The van der Waals surface area contributed by atoms with Gasteiger partial charge in [0.25, 0.3) is 5.22 Å². The quantitative estimate of drug-likeness (QED) is 0.625. The van der Waals surface area contributed by atoms with Gasteiger partial charge in [-0.05, 0) is 36.8 Å². The molecule has 0 unspecified atom stereocenters. The molecule has 1 amide bonds. The largest absolute Gasteiger partial charge is 0.431 e. The average Bonchev–Trinajstić information content (AvgIpc) is 2.98. The van der Waals surface area contributed by atoms with E-state index in [0.717, 1.165) is 11.1 Å². The molecule has 0 spiro atoms. The number of fused-ring (bicyclic) bond motifs is 1. The maximum Gasteiger partial charge on any atom is 0.257 e. The topological polar surface area (TPSA) is 55.1 Å². The number of carbonyl (C=O) groups excluding carboxylic acids is 1. The number of nitrogens with one attached hydrogen (secondary N) is 1. The van der Waals surface area contributed by atoms with E-state index in [2.05, 4.69) is 10.3 Å². The van der Waals surface area contributed by atoms with Crippen LogP contribution in [0, 0.1) is 0 Å². The van der Waals surface area contributed by atoms with Gasteiger partial charge in [-0.3, -0.25) is 4.79 Å². The maximum absolute atomic E-state index is 12.1. The Labute approximate surface area is 153 Å². The van der Waals surface area contributed by atoms with E-state index in [1.165, 1.54) is 11.8 Å². The lowest BCUT2D eigenvalue weighted by Crippen LogP contribution is -2.28. The maximum atomic E-state index is 12.1. The molecule has 1 heterocycles. The van der Waals surface area contributed by atoms with E-state index in [0.29, 0.717) is 20.9 Å². The van der Waals surface area contributed by atoms with Crippen molar-refractivity contribution in [2.45, 2.75) is 18.2 Å². The predicted molar refractivity (Wildman–Crippen MR) is 97.8 cm³/mol. The molecule has 0 fully saturated rings. The Bertz CT molecular complexity index is 849. The third kappa shape index (κ3) is 4.04.